The number of amides is 2. The molecule has 13 heteroatoms. The number of rotatable bonds is 6. The lowest BCUT2D eigenvalue weighted by atomic mass is 10.2. The Hall–Kier alpha value is -1.90. The molecular weight excluding hydrogens is 356 g/mol. The maximum Gasteiger partial charge on any atom is 0.431 e. The number of aliphatic hydroxyl groups excluding tert-OH is 1. The quantitative estimate of drug-likeness (QED) is 0.136. The van der Waals surface area contributed by atoms with Crippen LogP contribution in [0.2, 0.25) is 0 Å². The zero-order valence-electron chi connectivity index (χ0n) is 16.1. The van der Waals surface area contributed by atoms with Gasteiger partial charge in [0.25, 0.3) is 0 Å². The lowest BCUT2D eigenvalue weighted by Crippen LogP contribution is -2.30. The Balaban J connectivity index is -0.000000145. The summed E-state index contributed by atoms with van der Waals surface area (Å²) < 4.78 is 14.0. The number of hydroxylamine groups is 3. The van der Waals surface area contributed by atoms with Gasteiger partial charge in [-0.05, 0) is 20.8 Å². The molecule has 13 nitrogen and oxygen atoms in total. The minimum absolute atomic E-state index is 0.111. The average molecular weight is 388 g/mol. The molecule has 0 heterocycles. The van der Waals surface area contributed by atoms with Crippen molar-refractivity contribution < 1.29 is 39.3 Å². The largest absolute Gasteiger partial charge is 0.442 e. The summed E-state index contributed by atoms with van der Waals surface area (Å²) in [5.74, 6) is -0.374. The summed E-state index contributed by atoms with van der Waals surface area (Å²) in [6, 6.07) is 0. The number of methoxy groups -OCH3 is 1. The second-order valence-electron chi connectivity index (χ2n) is 4.91. The summed E-state index contributed by atoms with van der Waals surface area (Å²) in [5, 5.41) is 26.3. The molecule has 0 saturated carbocycles. The molecule has 0 fully saturated rings. The van der Waals surface area contributed by atoms with Gasteiger partial charge in [0.1, 0.15) is 19.1 Å². The smallest absolute Gasteiger partial charge is 0.431 e. The SMILES string of the molecule is CC(C)(C)OC(=O)NO.CO.COCOCCC(=O)N(C)O.NCN=O. The highest BCUT2D eigenvalue weighted by molar-refractivity contribution is 5.74. The molecule has 0 aliphatic rings. The molecule has 0 rings (SSSR count). The number of aliphatic hydroxyl groups is 1. The fourth-order valence-corrected chi connectivity index (χ4v) is 0.764. The van der Waals surface area contributed by atoms with Crippen molar-refractivity contribution in [2.45, 2.75) is 32.8 Å². The summed E-state index contributed by atoms with van der Waals surface area (Å²) in [5.41, 5.74) is 5.36. The Morgan fingerprint density at radius 1 is 1.27 bits per heavy atom. The first-order valence-electron chi connectivity index (χ1n) is 7.14. The molecule has 158 valence electrons. The first kappa shape index (κ1) is 31.8. The van der Waals surface area contributed by atoms with Gasteiger partial charge in [-0.3, -0.25) is 15.2 Å². The Bertz CT molecular complexity index is 336. The summed E-state index contributed by atoms with van der Waals surface area (Å²) in [6.45, 7) is 5.45. The van der Waals surface area contributed by atoms with E-state index in [4.69, 9.17) is 25.2 Å². The van der Waals surface area contributed by atoms with Crippen LogP contribution in [0, 0.1) is 4.91 Å². The maximum absolute atomic E-state index is 10.7. The number of carbonyl (C=O) groups is 2. The van der Waals surface area contributed by atoms with Crippen molar-refractivity contribution in [2.75, 3.05) is 41.3 Å². The van der Waals surface area contributed by atoms with Crippen LogP contribution in [-0.2, 0) is 19.0 Å². The van der Waals surface area contributed by atoms with Crippen molar-refractivity contribution in [3.05, 3.63) is 4.91 Å². The van der Waals surface area contributed by atoms with Crippen molar-refractivity contribution in [1.29, 1.82) is 0 Å². The van der Waals surface area contributed by atoms with Gasteiger partial charge in [0, 0.05) is 21.3 Å². The number of nitrogens with two attached hydrogens (primary N) is 1. The van der Waals surface area contributed by atoms with Crippen molar-refractivity contribution in [3.8, 4) is 0 Å². The highest BCUT2D eigenvalue weighted by Crippen LogP contribution is 2.05. The van der Waals surface area contributed by atoms with Crippen LogP contribution in [0.15, 0.2) is 5.18 Å². The van der Waals surface area contributed by atoms with Crippen molar-refractivity contribution in [3.63, 3.8) is 0 Å². The molecule has 0 atom stereocenters. The zero-order valence-corrected chi connectivity index (χ0v) is 16.1. The topological polar surface area (TPSA) is 193 Å². The number of hydrogen-bond donors (Lipinski definition) is 5. The van der Waals surface area contributed by atoms with Crippen LogP contribution in [0.4, 0.5) is 4.79 Å². The Kier molecular flexibility index (Phi) is 28.3. The molecule has 0 radical (unpaired) electrons. The van der Waals surface area contributed by atoms with Crippen molar-refractivity contribution >= 4 is 12.0 Å². The highest BCUT2D eigenvalue weighted by Gasteiger charge is 2.14. The summed E-state index contributed by atoms with van der Waals surface area (Å²) in [6.07, 6.45) is -0.668. The first-order chi connectivity index (χ1) is 12.0. The third-order valence-corrected chi connectivity index (χ3v) is 1.59. The molecular formula is C13H32N4O9. The second-order valence-corrected chi connectivity index (χ2v) is 4.91. The van der Waals surface area contributed by atoms with Gasteiger partial charge in [0.2, 0.25) is 5.91 Å². The number of nitrogens with one attached hydrogen (secondary N) is 1. The molecule has 2 amide bonds. The van der Waals surface area contributed by atoms with Gasteiger partial charge in [-0.1, -0.05) is 5.18 Å². The van der Waals surface area contributed by atoms with E-state index in [0.29, 0.717) is 5.06 Å². The van der Waals surface area contributed by atoms with Crippen LogP contribution in [0.3, 0.4) is 0 Å². The van der Waals surface area contributed by atoms with E-state index in [2.05, 4.69) is 20.4 Å². The van der Waals surface area contributed by atoms with Gasteiger partial charge in [-0.25, -0.2) is 15.3 Å². The van der Waals surface area contributed by atoms with Crippen LogP contribution < -0.4 is 11.2 Å². The fraction of sp³-hybridized carbons (Fsp3) is 0.846. The van der Waals surface area contributed by atoms with E-state index in [1.807, 2.05) is 0 Å². The maximum atomic E-state index is 10.7. The van der Waals surface area contributed by atoms with E-state index in [9.17, 15) is 9.59 Å². The third-order valence-electron chi connectivity index (χ3n) is 1.59. The van der Waals surface area contributed by atoms with Crippen LogP contribution >= 0.6 is 0 Å². The fourth-order valence-electron chi connectivity index (χ4n) is 0.764. The van der Waals surface area contributed by atoms with E-state index in [-0.39, 0.29) is 32.4 Å². The number of nitrogens with zero attached hydrogens (tertiary/aromatic N) is 2. The summed E-state index contributed by atoms with van der Waals surface area (Å²) in [4.78, 5) is 29.7. The van der Waals surface area contributed by atoms with Gasteiger partial charge < -0.3 is 25.1 Å². The molecule has 6 N–H and O–H groups in total. The highest BCUT2D eigenvalue weighted by atomic mass is 16.7. The lowest BCUT2D eigenvalue weighted by Gasteiger charge is -2.17. The lowest BCUT2D eigenvalue weighted by molar-refractivity contribution is -0.161. The van der Waals surface area contributed by atoms with Crippen LogP contribution in [0.5, 0.6) is 0 Å². The van der Waals surface area contributed by atoms with E-state index < -0.39 is 11.7 Å². The van der Waals surface area contributed by atoms with E-state index in [1.165, 1.54) is 19.6 Å². The summed E-state index contributed by atoms with van der Waals surface area (Å²) in [7, 11) is 3.78. The molecule has 0 bridgehead atoms. The molecule has 26 heavy (non-hydrogen) atoms. The first-order valence-corrected chi connectivity index (χ1v) is 7.14. The van der Waals surface area contributed by atoms with Crippen LogP contribution in [0.1, 0.15) is 27.2 Å². The number of nitroso groups, excluding NO2 is 1. The predicted octanol–water partition coefficient (Wildman–Crippen LogP) is 0.0224. The minimum atomic E-state index is -0.831. The molecule has 0 saturated heterocycles. The second kappa shape index (κ2) is 23.1. The minimum Gasteiger partial charge on any atom is -0.442 e. The van der Waals surface area contributed by atoms with E-state index in [1.54, 1.807) is 20.8 Å². The van der Waals surface area contributed by atoms with Gasteiger partial charge in [0.05, 0.1) is 13.0 Å². The van der Waals surface area contributed by atoms with Gasteiger partial charge in [0.15, 0.2) is 0 Å². The third kappa shape index (κ3) is 38.0. The standard InChI is InChI=1S/C6H13NO4.C5H11NO3.CH4N2O.CH4O/c1-7(9)6(8)3-4-11-5-10-2;1-5(2,3)9-4(7)6-8;2-1-3-4;1-2/h9H,3-5H2,1-2H3;8H,1-3H3,(H,6,7);1-2H2;2H,1H3. The van der Waals surface area contributed by atoms with E-state index >= 15 is 0 Å². The number of ether oxygens (including phenoxy) is 3. The number of hydrogen-bond acceptors (Lipinski definition) is 11. The molecule has 0 aromatic carbocycles. The molecule has 0 aliphatic carbocycles. The molecule has 0 unspecified atom stereocenters. The Labute approximate surface area is 152 Å². The monoisotopic (exact) mass is 388 g/mol. The van der Waals surface area contributed by atoms with Crippen molar-refractivity contribution in [1.82, 2.24) is 10.5 Å². The average Bonchev–Trinajstić information content (AvgIpc) is 2.59. The number of carbonyl (C=O) groups excluding carboxylic acids is 2. The van der Waals surface area contributed by atoms with Gasteiger partial charge in [-0.2, -0.15) is 0 Å². The Morgan fingerprint density at radius 3 is 1.96 bits per heavy atom. The normalized spacial score (nSPS) is 9.00. The van der Waals surface area contributed by atoms with Crippen LogP contribution in [-0.4, -0.2) is 79.5 Å². The zero-order chi connectivity index (χ0) is 21.6. The molecule has 0 aromatic heterocycles. The molecule has 0 spiro atoms. The van der Waals surface area contributed by atoms with Gasteiger partial charge in [-0.15, -0.1) is 4.91 Å². The van der Waals surface area contributed by atoms with Gasteiger partial charge >= 0.3 is 6.09 Å². The van der Waals surface area contributed by atoms with Crippen molar-refractivity contribution in [2.24, 2.45) is 10.9 Å². The molecule has 0 aliphatic heterocycles. The Morgan fingerprint density at radius 2 is 1.73 bits per heavy atom. The van der Waals surface area contributed by atoms with E-state index in [0.717, 1.165) is 7.11 Å². The molecule has 0 aromatic rings. The predicted molar refractivity (Wildman–Crippen MR) is 91.1 cm³/mol. The summed E-state index contributed by atoms with van der Waals surface area (Å²) >= 11 is 0. The van der Waals surface area contributed by atoms with Crippen LogP contribution in [0.25, 0.3) is 0 Å².